The van der Waals surface area contributed by atoms with Gasteiger partial charge in [-0.15, -0.1) is 0 Å². The fourth-order valence-corrected chi connectivity index (χ4v) is 3.24. The van der Waals surface area contributed by atoms with Crippen molar-refractivity contribution in [1.29, 1.82) is 0 Å². The number of halogens is 2. The monoisotopic (exact) mass is 284 g/mol. The molecule has 0 saturated heterocycles. The highest BCUT2D eigenvalue weighted by Crippen LogP contribution is 2.32. The molecular weight excluding hydrogens is 263 g/mol. The molecule has 3 N–H and O–H groups in total. The summed E-state index contributed by atoms with van der Waals surface area (Å²) in [4.78, 5) is 0. The normalized spacial score (nSPS) is 25.3. The van der Waals surface area contributed by atoms with Crippen molar-refractivity contribution in [2.75, 3.05) is 0 Å². The van der Waals surface area contributed by atoms with Crippen molar-refractivity contribution >= 4 is 11.6 Å². The quantitative estimate of drug-likeness (QED) is 0.654. The van der Waals surface area contributed by atoms with Gasteiger partial charge in [0.05, 0.1) is 0 Å². The summed E-state index contributed by atoms with van der Waals surface area (Å²) < 4.78 is 13.8. The topological polar surface area (TPSA) is 38.0 Å². The van der Waals surface area contributed by atoms with Crippen LogP contribution in [-0.2, 0) is 6.42 Å². The van der Waals surface area contributed by atoms with Gasteiger partial charge >= 0.3 is 0 Å². The molecule has 2 nitrogen and oxygen atoms in total. The highest BCUT2D eigenvalue weighted by molar-refractivity contribution is 6.31. The Kier molecular flexibility index (Phi) is 5.20. The first-order chi connectivity index (χ1) is 9.11. The van der Waals surface area contributed by atoms with E-state index in [4.69, 9.17) is 17.4 Å². The fourth-order valence-electron chi connectivity index (χ4n) is 3.00. The van der Waals surface area contributed by atoms with E-state index < -0.39 is 0 Å². The summed E-state index contributed by atoms with van der Waals surface area (Å²) in [5.41, 5.74) is 3.44. The number of rotatable bonds is 4. The standard InChI is InChI=1S/C15H22ClFN2/c1-10-5-7-11(8-6-10)15(19-18)9-12-13(16)3-2-4-14(12)17/h2-4,10-11,15,19H,5-9,18H2,1H3. The zero-order valence-corrected chi connectivity index (χ0v) is 12.1. The van der Waals surface area contributed by atoms with E-state index in [0.29, 0.717) is 22.9 Å². The number of hydrogen-bond acceptors (Lipinski definition) is 2. The molecule has 1 aromatic rings. The first-order valence-electron chi connectivity index (χ1n) is 7.00. The molecule has 0 heterocycles. The smallest absolute Gasteiger partial charge is 0.127 e. The summed E-state index contributed by atoms with van der Waals surface area (Å²) in [6, 6.07) is 4.92. The lowest BCUT2D eigenvalue weighted by Crippen LogP contribution is -2.43. The van der Waals surface area contributed by atoms with Crippen molar-refractivity contribution in [1.82, 2.24) is 5.43 Å². The molecule has 19 heavy (non-hydrogen) atoms. The lowest BCUT2D eigenvalue weighted by molar-refractivity contribution is 0.229. The van der Waals surface area contributed by atoms with Crippen molar-refractivity contribution in [3.8, 4) is 0 Å². The van der Waals surface area contributed by atoms with Gasteiger partial charge in [-0.2, -0.15) is 0 Å². The van der Waals surface area contributed by atoms with E-state index in [9.17, 15) is 4.39 Å². The number of hydrogen-bond donors (Lipinski definition) is 2. The van der Waals surface area contributed by atoms with Crippen LogP contribution >= 0.6 is 11.6 Å². The maximum atomic E-state index is 13.8. The van der Waals surface area contributed by atoms with E-state index >= 15 is 0 Å². The molecule has 106 valence electrons. The molecule has 1 aromatic carbocycles. The Balaban J connectivity index is 2.06. The van der Waals surface area contributed by atoms with Gasteiger partial charge in [0.2, 0.25) is 0 Å². The Labute approximate surface area is 119 Å². The summed E-state index contributed by atoms with van der Waals surface area (Å²) in [6.45, 7) is 2.29. The predicted octanol–water partition coefficient (Wildman–Crippen LogP) is 3.68. The third kappa shape index (κ3) is 3.68. The van der Waals surface area contributed by atoms with Crippen LogP contribution in [0.1, 0.15) is 38.2 Å². The van der Waals surface area contributed by atoms with Crippen LogP contribution in [0.3, 0.4) is 0 Å². The van der Waals surface area contributed by atoms with Crippen LogP contribution in [0.4, 0.5) is 4.39 Å². The van der Waals surface area contributed by atoms with Crippen LogP contribution in [0, 0.1) is 17.7 Å². The Bertz CT molecular complexity index is 396. The highest BCUT2D eigenvalue weighted by atomic mass is 35.5. The highest BCUT2D eigenvalue weighted by Gasteiger charge is 2.26. The molecule has 0 spiro atoms. The maximum Gasteiger partial charge on any atom is 0.127 e. The van der Waals surface area contributed by atoms with E-state index in [1.807, 2.05) is 0 Å². The minimum Gasteiger partial charge on any atom is -0.271 e. The molecule has 2 rings (SSSR count). The van der Waals surface area contributed by atoms with Crippen LogP contribution in [0.2, 0.25) is 5.02 Å². The molecule has 0 bridgehead atoms. The summed E-state index contributed by atoms with van der Waals surface area (Å²) >= 11 is 6.08. The SMILES string of the molecule is CC1CCC(C(Cc2c(F)cccc2Cl)NN)CC1. The van der Waals surface area contributed by atoms with Crippen LogP contribution in [0.5, 0.6) is 0 Å². The largest absolute Gasteiger partial charge is 0.271 e. The number of benzene rings is 1. The number of nitrogens with two attached hydrogens (primary N) is 1. The third-order valence-corrected chi connectivity index (χ3v) is 4.68. The predicted molar refractivity (Wildman–Crippen MR) is 77.3 cm³/mol. The van der Waals surface area contributed by atoms with Crippen molar-refractivity contribution in [2.24, 2.45) is 17.7 Å². The van der Waals surface area contributed by atoms with Gasteiger partial charge in [0.1, 0.15) is 5.82 Å². The van der Waals surface area contributed by atoms with Gasteiger partial charge in [-0.05, 0) is 43.2 Å². The first-order valence-corrected chi connectivity index (χ1v) is 7.38. The average Bonchev–Trinajstić information content (AvgIpc) is 2.40. The maximum absolute atomic E-state index is 13.8. The van der Waals surface area contributed by atoms with E-state index in [2.05, 4.69) is 12.3 Å². The zero-order chi connectivity index (χ0) is 13.8. The van der Waals surface area contributed by atoms with Gasteiger partial charge in [-0.25, -0.2) is 4.39 Å². The molecule has 1 aliphatic carbocycles. The van der Waals surface area contributed by atoms with E-state index in [0.717, 1.165) is 18.8 Å². The lowest BCUT2D eigenvalue weighted by atomic mass is 9.78. The molecule has 1 aliphatic rings. The number of hydrazine groups is 1. The van der Waals surface area contributed by atoms with Crippen molar-refractivity contribution in [2.45, 2.75) is 45.1 Å². The summed E-state index contributed by atoms with van der Waals surface area (Å²) in [7, 11) is 0. The number of nitrogens with one attached hydrogen (secondary N) is 1. The van der Waals surface area contributed by atoms with E-state index in [1.165, 1.54) is 18.9 Å². The second kappa shape index (κ2) is 6.69. The van der Waals surface area contributed by atoms with Gasteiger partial charge in [0.15, 0.2) is 0 Å². The molecule has 1 fully saturated rings. The second-order valence-electron chi connectivity index (χ2n) is 5.70. The van der Waals surface area contributed by atoms with Crippen LogP contribution in [0.15, 0.2) is 18.2 Å². The van der Waals surface area contributed by atoms with Crippen molar-refractivity contribution in [3.63, 3.8) is 0 Å². The van der Waals surface area contributed by atoms with Crippen LogP contribution < -0.4 is 11.3 Å². The van der Waals surface area contributed by atoms with Gasteiger partial charge in [0.25, 0.3) is 0 Å². The molecule has 4 heteroatoms. The Morgan fingerprint density at radius 2 is 2.05 bits per heavy atom. The fraction of sp³-hybridized carbons (Fsp3) is 0.600. The zero-order valence-electron chi connectivity index (χ0n) is 11.3. The summed E-state index contributed by atoms with van der Waals surface area (Å²) in [5, 5.41) is 0.490. The van der Waals surface area contributed by atoms with E-state index in [1.54, 1.807) is 12.1 Å². The van der Waals surface area contributed by atoms with Gasteiger partial charge in [-0.1, -0.05) is 37.4 Å². The third-order valence-electron chi connectivity index (χ3n) is 4.33. The summed E-state index contributed by atoms with van der Waals surface area (Å²) in [6.07, 6.45) is 5.33. The molecule has 1 atom stereocenters. The van der Waals surface area contributed by atoms with Crippen LogP contribution in [-0.4, -0.2) is 6.04 Å². The molecular formula is C15H22ClFN2. The lowest BCUT2D eigenvalue weighted by Gasteiger charge is -2.32. The second-order valence-corrected chi connectivity index (χ2v) is 6.10. The molecule has 0 amide bonds. The minimum atomic E-state index is -0.239. The molecule has 1 unspecified atom stereocenters. The Morgan fingerprint density at radius 3 is 2.63 bits per heavy atom. The Morgan fingerprint density at radius 1 is 1.37 bits per heavy atom. The Hall–Kier alpha value is -0.640. The van der Waals surface area contributed by atoms with Crippen molar-refractivity contribution in [3.05, 3.63) is 34.6 Å². The minimum absolute atomic E-state index is 0.0990. The first kappa shape index (κ1) is 14.8. The summed E-state index contributed by atoms with van der Waals surface area (Å²) in [5.74, 6) is 6.74. The average molecular weight is 285 g/mol. The van der Waals surface area contributed by atoms with Gasteiger partial charge in [0, 0.05) is 16.6 Å². The van der Waals surface area contributed by atoms with E-state index in [-0.39, 0.29) is 11.9 Å². The molecule has 1 saturated carbocycles. The van der Waals surface area contributed by atoms with Gasteiger partial charge < -0.3 is 0 Å². The molecule has 0 aliphatic heterocycles. The van der Waals surface area contributed by atoms with Crippen LogP contribution in [0.25, 0.3) is 0 Å². The molecule has 0 radical (unpaired) electrons. The molecule has 0 aromatic heterocycles. The van der Waals surface area contributed by atoms with Gasteiger partial charge in [-0.3, -0.25) is 11.3 Å². The van der Waals surface area contributed by atoms with Crippen molar-refractivity contribution < 1.29 is 4.39 Å².